The van der Waals surface area contributed by atoms with Crippen LogP contribution in [-0.4, -0.2) is 34.6 Å². The first kappa shape index (κ1) is 22.5. The molecule has 2 N–H and O–H groups in total. The van der Waals surface area contributed by atoms with Crippen molar-refractivity contribution in [3.05, 3.63) is 87.1 Å². The van der Waals surface area contributed by atoms with E-state index in [1.807, 2.05) is 29.0 Å². The van der Waals surface area contributed by atoms with Crippen LogP contribution in [0.25, 0.3) is 0 Å². The van der Waals surface area contributed by atoms with Crippen molar-refractivity contribution in [1.29, 1.82) is 0 Å². The first-order valence-electron chi connectivity index (χ1n) is 9.08. The molecule has 0 radical (unpaired) electrons. The van der Waals surface area contributed by atoms with Gasteiger partial charge in [-0.1, -0.05) is 23.7 Å². The minimum absolute atomic E-state index is 0.0854. The summed E-state index contributed by atoms with van der Waals surface area (Å²) in [4.78, 5) is 12.9. The zero-order valence-electron chi connectivity index (χ0n) is 16.2. The van der Waals surface area contributed by atoms with Gasteiger partial charge in [-0.05, 0) is 64.4 Å². The number of sulfonamides is 1. The third-order valence-electron chi connectivity index (χ3n) is 4.38. The number of nitrogens with one attached hydrogen (secondary N) is 2. The summed E-state index contributed by atoms with van der Waals surface area (Å²) in [6.07, 6.45) is 0. The lowest BCUT2D eigenvalue weighted by atomic mass is 10.0. The molecular formula is C21H21ClN2O4S2. The van der Waals surface area contributed by atoms with Crippen molar-refractivity contribution in [2.75, 3.05) is 20.3 Å². The summed E-state index contributed by atoms with van der Waals surface area (Å²) in [5.41, 5.74) is 2.21. The summed E-state index contributed by atoms with van der Waals surface area (Å²) in [6.45, 7) is 0.443. The molecule has 6 nitrogen and oxygen atoms in total. The van der Waals surface area contributed by atoms with E-state index in [4.69, 9.17) is 16.3 Å². The Balaban J connectivity index is 1.77. The molecule has 0 aliphatic heterocycles. The van der Waals surface area contributed by atoms with Crippen LogP contribution < -0.4 is 10.0 Å². The second-order valence-electron chi connectivity index (χ2n) is 6.43. The van der Waals surface area contributed by atoms with Gasteiger partial charge in [0.1, 0.15) is 0 Å². The number of hydrogen-bond acceptors (Lipinski definition) is 5. The van der Waals surface area contributed by atoms with Crippen LogP contribution in [0.3, 0.4) is 0 Å². The van der Waals surface area contributed by atoms with Crippen LogP contribution in [0.1, 0.15) is 27.5 Å². The number of ether oxygens (including phenoxy) is 1. The zero-order valence-corrected chi connectivity index (χ0v) is 18.6. The molecule has 9 heteroatoms. The molecule has 0 saturated heterocycles. The van der Waals surface area contributed by atoms with Gasteiger partial charge in [-0.15, -0.1) is 0 Å². The highest BCUT2D eigenvalue weighted by atomic mass is 35.5. The number of carbonyl (C=O) groups excluding carboxylic acids is 1. The fourth-order valence-electron chi connectivity index (χ4n) is 2.81. The second kappa shape index (κ2) is 10.2. The maximum Gasteiger partial charge on any atom is 0.252 e. The summed E-state index contributed by atoms with van der Waals surface area (Å²) in [7, 11) is -2.16. The molecule has 1 amide bonds. The summed E-state index contributed by atoms with van der Waals surface area (Å²) in [5, 5.41) is 7.55. The molecular weight excluding hydrogens is 444 g/mol. The molecule has 1 atom stereocenters. The van der Waals surface area contributed by atoms with Crippen LogP contribution in [0.5, 0.6) is 0 Å². The van der Waals surface area contributed by atoms with Gasteiger partial charge < -0.3 is 10.1 Å². The van der Waals surface area contributed by atoms with Gasteiger partial charge >= 0.3 is 0 Å². The van der Waals surface area contributed by atoms with Crippen molar-refractivity contribution in [1.82, 2.24) is 10.0 Å². The minimum atomic E-state index is -3.65. The van der Waals surface area contributed by atoms with Gasteiger partial charge in [-0.2, -0.15) is 11.3 Å². The number of benzene rings is 2. The summed E-state index contributed by atoms with van der Waals surface area (Å²) < 4.78 is 31.8. The predicted molar refractivity (Wildman–Crippen MR) is 119 cm³/mol. The van der Waals surface area contributed by atoms with E-state index in [9.17, 15) is 13.2 Å². The average Bonchev–Trinajstić information content (AvgIpc) is 3.27. The Morgan fingerprint density at radius 1 is 1.07 bits per heavy atom. The lowest BCUT2D eigenvalue weighted by Crippen LogP contribution is -2.29. The molecule has 0 fully saturated rings. The first-order valence-corrected chi connectivity index (χ1v) is 11.9. The van der Waals surface area contributed by atoms with E-state index in [1.165, 1.54) is 31.4 Å². The highest BCUT2D eigenvalue weighted by molar-refractivity contribution is 7.89. The third kappa shape index (κ3) is 5.68. The molecule has 1 unspecified atom stereocenters. The number of amides is 1. The summed E-state index contributed by atoms with van der Waals surface area (Å²) >= 11 is 7.53. The van der Waals surface area contributed by atoms with E-state index in [0.717, 1.165) is 11.1 Å². The lowest BCUT2D eigenvalue weighted by molar-refractivity contribution is 0.0943. The van der Waals surface area contributed by atoms with E-state index in [-0.39, 0.29) is 30.0 Å². The second-order valence-corrected chi connectivity index (χ2v) is 9.41. The number of methoxy groups -OCH3 is 1. The number of thiophene rings is 1. The molecule has 1 heterocycles. The summed E-state index contributed by atoms with van der Waals surface area (Å²) in [5.74, 6) is -0.308. The number of rotatable bonds is 9. The number of carbonyl (C=O) groups is 1. The lowest BCUT2D eigenvalue weighted by Gasteiger charge is -2.19. The predicted octanol–water partition coefficient (Wildman–Crippen LogP) is 3.85. The smallest absolute Gasteiger partial charge is 0.252 e. The number of hydrogen-bond donors (Lipinski definition) is 2. The van der Waals surface area contributed by atoms with Gasteiger partial charge in [-0.3, -0.25) is 4.79 Å². The van der Waals surface area contributed by atoms with Crippen molar-refractivity contribution in [2.45, 2.75) is 10.9 Å². The van der Waals surface area contributed by atoms with Crippen LogP contribution in [-0.2, 0) is 14.8 Å². The van der Waals surface area contributed by atoms with Gasteiger partial charge in [0.05, 0.1) is 17.5 Å². The van der Waals surface area contributed by atoms with Gasteiger partial charge in [0.25, 0.3) is 5.91 Å². The molecule has 3 rings (SSSR count). The zero-order chi connectivity index (χ0) is 21.6. The van der Waals surface area contributed by atoms with Crippen LogP contribution in [0, 0.1) is 0 Å². The van der Waals surface area contributed by atoms with Crippen molar-refractivity contribution >= 4 is 38.9 Å². The Bertz CT molecular complexity index is 1070. The average molecular weight is 465 g/mol. The van der Waals surface area contributed by atoms with E-state index in [1.54, 1.807) is 23.5 Å². The van der Waals surface area contributed by atoms with E-state index < -0.39 is 10.0 Å². The quantitative estimate of drug-likeness (QED) is 0.471. The maximum absolute atomic E-state index is 12.8. The van der Waals surface area contributed by atoms with Crippen LogP contribution in [0.4, 0.5) is 0 Å². The monoisotopic (exact) mass is 464 g/mol. The molecule has 1 aromatic heterocycles. The van der Waals surface area contributed by atoms with Gasteiger partial charge in [0, 0.05) is 24.2 Å². The van der Waals surface area contributed by atoms with Crippen LogP contribution in [0.2, 0.25) is 5.02 Å². The largest absolute Gasteiger partial charge is 0.383 e. The topological polar surface area (TPSA) is 84.5 Å². The minimum Gasteiger partial charge on any atom is -0.383 e. The van der Waals surface area contributed by atoms with Crippen LogP contribution >= 0.6 is 22.9 Å². The SMILES string of the molecule is COCCNS(=O)(=O)c1ccc(C(=O)NC(c2ccc(Cl)cc2)c2ccsc2)cc1. The molecule has 0 aliphatic carbocycles. The van der Waals surface area contributed by atoms with E-state index >= 15 is 0 Å². The van der Waals surface area contributed by atoms with Gasteiger partial charge in [0.2, 0.25) is 10.0 Å². The van der Waals surface area contributed by atoms with Crippen molar-refractivity contribution < 1.29 is 17.9 Å². The Morgan fingerprint density at radius 2 is 1.77 bits per heavy atom. The van der Waals surface area contributed by atoms with E-state index in [2.05, 4.69) is 10.0 Å². The fourth-order valence-corrected chi connectivity index (χ4v) is 4.64. The van der Waals surface area contributed by atoms with Gasteiger partial charge in [-0.25, -0.2) is 13.1 Å². The van der Waals surface area contributed by atoms with Crippen molar-refractivity contribution in [2.24, 2.45) is 0 Å². The Morgan fingerprint density at radius 3 is 2.37 bits per heavy atom. The molecule has 158 valence electrons. The first-order chi connectivity index (χ1) is 14.4. The van der Waals surface area contributed by atoms with Crippen molar-refractivity contribution in [3.63, 3.8) is 0 Å². The molecule has 0 spiro atoms. The summed E-state index contributed by atoms with van der Waals surface area (Å²) in [6, 6.07) is 14.7. The Hall–Kier alpha value is -2.23. The molecule has 0 bridgehead atoms. The highest BCUT2D eigenvalue weighted by Crippen LogP contribution is 2.26. The number of halogens is 1. The molecule has 0 aliphatic rings. The third-order valence-corrected chi connectivity index (χ3v) is 6.81. The normalized spacial score (nSPS) is 12.5. The van der Waals surface area contributed by atoms with Crippen LogP contribution in [0.15, 0.2) is 70.3 Å². The molecule has 2 aromatic carbocycles. The van der Waals surface area contributed by atoms with Gasteiger partial charge in [0.15, 0.2) is 0 Å². The Labute approximate surface area is 184 Å². The van der Waals surface area contributed by atoms with E-state index in [0.29, 0.717) is 10.6 Å². The molecule has 3 aromatic rings. The molecule has 0 saturated carbocycles. The maximum atomic E-state index is 12.8. The standard InChI is InChI=1S/C21H21ClN2O4S2/c1-28-12-11-23-30(26,27)19-8-4-16(5-9-19)21(25)24-20(17-10-13-29-14-17)15-2-6-18(22)7-3-15/h2-10,13-14,20,23H,11-12H2,1H3,(H,24,25). The molecule has 30 heavy (non-hydrogen) atoms. The highest BCUT2D eigenvalue weighted by Gasteiger charge is 2.19. The van der Waals surface area contributed by atoms with Crippen molar-refractivity contribution in [3.8, 4) is 0 Å². The Kier molecular flexibility index (Phi) is 7.63. The fraction of sp³-hybridized carbons (Fsp3) is 0.190.